The lowest BCUT2D eigenvalue weighted by atomic mass is 10.2. The van der Waals surface area contributed by atoms with Gasteiger partial charge in [-0.1, -0.05) is 6.08 Å². The summed E-state index contributed by atoms with van der Waals surface area (Å²) in [7, 11) is 1.78. The van der Waals surface area contributed by atoms with Gasteiger partial charge >= 0.3 is 0 Å². The summed E-state index contributed by atoms with van der Waals surface area (Å²) in [5.74, 6) is -0.0510. The number of ketones is 1. The molecule has 0 N–H and O–H groups in total. The van der Waals surface area contributed by atoms with E-state index in [2.05, 4.69) is 10.1 Å². The third-order valence-corrected chi connectivity index (χ3v) is 2.12. The molecule has 2 aromatic heterocycles. The Bertz CT molecular complexity index is 514. The van der Waals surface area contributed by atoms with Crippen molar-refractivity contribution >= 4 is 11.9 Å². The molecule has 0 spiro atoms. The third-order valence-electron chi connectivity index (χ3n) is 2.12. The number of hydrogen-bond donors (Lipinski definition) is 0. The van der Waals surface area contributed by atoms with Gasteiger partial charge in [-0.3, -0.25) is 14.5 Å². The molecule has 0 radical (unpaired) electrons. The summed E-state index contributed by atoms with van der Waals surface area (Å²) >= 11 is 0. The smallest absolute Gasteiger partial charge is 0.189 e. The molecular weight excluding hydrogens is 202 g/mol. The average molecular weight is 213 g/mol. The molecule has 0 aliphatic carbocycles. The summed E-state index contributed by atoms with van der Waals surface area (Å²) in [4.78, 5) is 15.6. The van der Waals surface area contributed by atoms with Gasteiger partial charge in [0.2, 0.25) is 0 Å². The normalized spacial score (nSPS) is 10.8. The van der Waals surface area contributed by atoms with Crippen molar-refractivity contribution in [1.29, 1.82) is 0 Å². The molecule has 0 fully saturated rings. The number of pyridine rings is 1. The van der Waals surface area contributed by atoms with Crippen LogP contribution in [0.2, 0.25) is 0 Å². The number of aryl methyl sites for hydroxylation is 1. The van der Waals surface area contributed by atoms with Crippen molar-refractivity contribution in [2.75, 3.05) is 0 Å². The lowest BCUT2D eigenvalue weighted by Gasteiger charge is -1.90. The van der Waals surface area contributed by atoms with Crippen molar-refractivity contribution in [1.82, 2.24) is 14.8 Å². The van der Waals surface area contributed by atoms with E-state index in [1.165, 1.54) is 6.08 Å². The second-order valence-electron chi connectivity index (χ2n) is 3.38. The lowest BCUT2D eigenvalue weighted by molar-refractivity contribution is 0.104. The second-order valence-corrected chi connectivity index (χ2v) is 3.38. The average Bonchev–Trinajstić information content (AvgIpc) is 2.74. The van der Waals surface area contributed by atoms with E-state index in [0.29, 0.717) is 5.56 Å². The predicted octanol–water partition coefficient (Wildman–Crippen LogP) is 1.71. The van der Waals surface area contributed by atoms with Gasteiger partial charge < -0.3 is 0 Å². The maximum Gasteiger partial charge on any atom is 0.189 e. The fourth-order valence-corrected chi connectivity index (χ4v) is 1.29. The zero-order valence-corrected chi connectivity index (χ0v) is 8.87. The van der Waals surface area contributed by atoms with E-state index in [4.69, 9.17) is 0 Å². The second kappa shape index (κ2) is 4.53. The number of nitrogens with zero attached hydrogens (tertiary/aromatic N) is 3. The highest BCUT2D eigenvalue weighted by Gasteiger charge is 2.03. The van der Waals surface area contributed by atoms with Crippen LogP contribution in [0.25, 0.3) is 6.08 Å². The molecule has 0 bridgehead atoms. The van der Waals surface area contributed by atoms with Gasteiger partial charge in [0.15, 0.2) is 5.78 Å². The minimum Gasteiger partial charge on any atom is -0.289 e. The Balaban J connectivity index is 2.11. The molecule has 16 heavy (non-hydrogen) atoms. The van der Waals surface area contributed by atoms with Crippen LogP contribution in [0.1, 0.15) is 15.9 Å². The van der Waals surface area contributed by atoms with Crippen LogP contribution in [0.3, 0.4) is 0 Å². The zero-order valence-electron chi connectivity index (χ0n) is 8.87. The third kappa shape index (κ3) is 2.42. The Hall–Kier alpha value is -2.23. The molecular formula is C12H11N3O. The van der Waals surface area contributed by atoms with Gasteiger partial charge in [0.25, 0.3) is 0 Å². The first-order valence-corrected chi connectivity index (χ1v) is 4.87. The molecule has 2 aromatic rings. The largest absolute Gasteiger partial charge is 0.289 e. The molecule has 2 heterocycles. The van der Waals surface area contributed by atoms with Crippen molar-refractivity contribution in [3.63, 3.8) is 0 Å². The van der Waals surface area contributed by atoms with Gasteiger partial charge in [-0.15, -0.1) is 0 Å². The summed E-state index contributed by atoms with van der Waals surface area (Å²) in [5.41, 5.74) is 1.54. The number of carbonyl (C=O) groups is 1. The zero-order chi connectivity index (χ0) is 11.4. The first kappa shape index (κ1) is 10.3. The number of carbonyl (C=O) groups excluding carboxylic acids is 1. The molecule has 4 nitrogen and oxygen atoms in total. The SMILES string of the molecule is Cn1cc(C(=O)/C=C/c2ccncc2)cn1. The summed E-state index contributed by atoms with van der Waals surface area (Å²) in [6, 6.07) is 3.68. The minimum absolute atomic E-state index is 0.0510. The fourth-order valence-electron chi connectivity index (χ4n) is 1.29. The quantitative estimate of drug-likeness (QED) is 0.576. The minimum atomic E-state index is -0.0510. The van der Waals surface area contributed by atoms with Crippen molar-refractivity contribution in [3.8, 4) is 0 Å². The van der Waals surface area contributed by atoms with E-state index < -0.39 is 0 Å². The van der Waals surface area contributed by atoms with Crippen molar-refractivity contribution in [3.05, 3.63) is 54.1 Å². The number of aromatic nitrogens is 3. The van der Waals surface area contributed by atoms with Crippen LogP contribution in [0, 0.1) is 0 Å². The van der Waals surface area contributed by atoms with Crippen molar-refractivity contribution in [2.24, 2.45) is 7.05 Å². The highest BCUT2D eigenvalue weighted by molar-refractivity contribution is 6.06. The van der Waals surface area contributed by atoms with Crippen molar-refractivity contribution < 1.29 is 4.79 Å². The maximum absolute atomic E-state index is 11.7. The Labute approximate surface area is 93.2 Å². The molecule has 0 atom stereocenters. The number of hydrogen-bond acceptors (Lipinski definition) is 3. The summed E-state index contributed by atoms with van der Waals surface area (Å²) < 4.78 is 1.60. The molecule has 0 unspecified atom stereocenters. The summed E-state index contributed by atoms with van der Waals surface area (Å²) in [6.07, 6.45) is 9.92. The van der Waals surface area contributed by atoms with E-state index >= 15 is 0 Å². The van der Waals surface area contributed by atoms with Gasteiger partial charge in [-0.2, -0.15) is 5.10 Å². The van der Waals surface area contributed by atoms with Gasteiger partial charge in [0.05, 0.1) is 11.8 Å². The number of rotatable bonds is 3. The van der Waals surface area contributed by atoms with E-state index in [0.717, 1.165) is 5.56 Å². The van der Waals surface area contributed by atoms with Gasteiger partial charge in [-0.25, -0.2) is 0 Å². The topological polar surface area (TPSA) is 47.8 Å². The first-order valence-electron chi connectivity index (χ1n) is 4.87. The lowest BCUT2D eigenvalue weighted by Crippen LogP contribution is -1.91. The number of allylic oxidation sites excluding steroid dienone is 1. The first-order chi connectivity index (χ1) is 7.75. The van der Waals surface area contributed by atoms with Crippen LogP contribution in [0.4, 0.5) is 0 Å². The molecule has 0 aliphatic rings. The van der Waals surface area contributed by atoms with E-state index in [-0.39, 0.29) is 5.78 Å². The Morgan fingerprint density at radius 1 is 1.38 bits per heavy atom. The van der Waals surface area contributed by atoms with Gasteiger partial charge in [0, 0.05) is 25.6 Å². The fraction of sp³-hybridized carbons (Fsp3) is 0.0833. The molecule has 0 saturated heterocycles. The van der Waals surface area contributed by atoms with E-state index in [1.54, 1.807) is 42.6 Å². The molecule has 0 saturated carbocycles. The van der Waals surface area contributed by atoms with Crippen molar-refractivity contribution in [2.45, 2.75) is 0 Å². The monoisotopic (exact) mass is 213 g/mol. The van der Waals surface area contributed by atoms with Crippen LogP contribution < -0.4 is 0 Å². The van der Waals surface area contributed by atoms with Gasteiger partial charge in [-0.05, 0) is 23.8 Å². The molecule has 2 rings (SSSR count). The Morgan fingerprint density at radius 2 is 2.12 bits per heavy atom. The van der Waals surface area contributed by atoms with Gasteiger partial charge in [0.1, 0.15) is 0 Å². The highest BCUT2D eigenvalue weighted by Crippen LogP contribution is 2.03. The highest BCUT2D eigenvalue weighted by atomic mass is 16.1. The van der Waals surface area contributed by atoms with E-state index in [1.807, 2.05) is 12.1 Å². The predicted molar refractivity (Wildman–Crippen MR) is 60.8 cm³/mol. The van der Waals surface area contributed by atoms with Crippen LogP contribution in [0.5, 0.6) is 0 Å². The van der Waals surface area contributed by atoms with Crippen LogP contribution >= 0.6 is 0 Å². The Kier molecular flexibility index (Phi) is 2.91. The summed E-state index contributed by atoms with van der Waals surface area (Å²) in [6.45, 7) is 0. The summed E-state index contributed by atoms with van der Waals surface area (Å²) in [5, 5.41) is 3.94. The Morgan fingerprint density at radius 3 is 2.75 bits per heavy atom. The van der Waals surface area contributed by atoms with Crippen LogP contribution in [-0.4, -0.2) is 20.5 Å². The van der Waals surface area contributed by atoms with E-state index in [9.17, 15) is 4.79 Å². The van der Waals surface area contributed by atoms with Crippen LogP contribution in [0.15, 0.2) is 43.0 Å². The standard InChI is InChI=1S/C12H11N3O/c1-15-9-11(8-14-15)12(16)3-2-10-4-6-13-7-5-10/h2-9H,1H3/b3-2+. The molecule has 0 aromatic carbocycles. The molecule has 80 valence electrons. The van der Waals surface area contributed by atoms with Crippen LogP contribution in [-0.2, 0) is 7.05 Å². The molecule has 0 aliphatic heterocycles. The molecule has 0 amide bonds. The molecule has 4 heteroatoms. The maximum atomic E-state index is 11.7.